The smallest absolute Gasteiger partial charge is 0.137 e. The van der Waals surface area contributed by atoms with Crippen molar-refractivity contribution in [3.05, 3.63) is 30.3 Å². The van der Waals surface area contributed by atoms with E-state index in [9.17, 15) is 0 Å². The van der Waals surface area contributed by atoms with Gasteiger partial charge in [-0.3, -0.25) is 0 Å². The van der Waals surface area contributed by atoms with E-state index in [0.29, 0.717) is 5.37 Å². The van der Waals surface area contributed by atoms with Crippen molar-refractivity contribution in [2.45, 2.75) is 30.0 Å². The Morgan fingerprint density at radius 1 is 1.41 bits per heavy atom. The third-order valence-electron chi connectivity index (χ3n) is 2.72. The highest BCUT2D eigenvalue weighted by Gasteiger charge is 2.23. The van der Waals surface area contributed by atoms with Gasteiger partial charge >= 0.3 is 0 Å². The Bertz CT molecular complexity index is 366. The van der Waals surface area contributed by atoms with E-state index in [1.807, 2.05) is 23.5 Å². The van der Waals surface area contributed by atoms with Crippen LogP contribution < -0.4 is 0 Å². The molecule has 1 aliphatic heterocycles. The Morgan fingerprint density at radius 3 is 2.82 bits per heavy atom. The number of hydrogen-bond donors (Lipinski definition) is 0. The van der Waals surface area contributed by atoms with Crippen LogP contribution >= 0.6 is 35.7 Å². The lowest BCUT2D eigenvalue weighted by Crippen LogP contribution is -2.39. The summed E-state index contributed by atoms with van der Waals surface area (Å²) in [5.41, 5.74) is 0. The molecule has 0 saturated carbocycles. The number of benzene rings is 1. The Balaban J connectivity index is 2.03. The molecule has 0 N–H and O–H groups in total. The van der Waals surface area contributed by atoms with Gasteiger partial charge < -0.3 is 4.90 Å². The predicted molar refractivity (Wildman–Crippen MR) is 82.8 cm³/mol. The topological polar surface area (TPSA) is 3.24 Å². The van der Waals surface area contributed by atoms with Gasteiger partial charge in [0, 0.05) is 17.2 Å². The minimum absolute atomic E-state index is 0.484. The fourth-order valence-corrected chi connectivity index (χ4v) is 4.42. The van der Waals surface area contributed by atoms with E-state index in [1.165, 1.54) is 17.1 Å². The number of hydrogen-bond acceptors (Lipinski definition) is 3. The van der Waals surface area contributed by atoms with E-state index < -0.39 is 0 Å². The molecule has 1 unspecified atom stereocenters. The molecule has 1 saturated heterocycles. The molecule has 1 aliphatic rings. The molecule has 92 valence electrons. The van der Waals surface area contributed by atoms with E-state index in [-0.39, 0.29) is 0 Å². The van der Waals surface area contributed by atoms with Crippen LogP contribution in [-0.2, 0) is 0 Å². The maximum atomic E-state index is 5.46. The van der Waals surface area contributed by atoms with E-state index in [2.05, 4.69) is 42.2 Å². The summed E-state index contributed by atoms with van der Waals surface area (Å²) in [6.45, 7) is 3.35. The molecule has 1 aromatic rings. The highest BCUT2D eigenvalue weighted by molar-refractivity contribution is 8.23. The summed E-state index contributed by atoms with van der Waals surface area (Å²) in [4.78, 5) is 3.72. The molecule has 1 heterocycles. The monoisotopic (exact) mass is 283 g/mol. The van der Waals surface area contributed by atoms with Crippen LogP contribution in [0, 0.1) is 0 Å². The molecule has 0 aromatic heterocycles. The first kappa shape index (κ1) is 13.2. The Kier molecular flexibility index (Phi) is 5.19. The molecule has 0 aliphatic carbocycles. The van der Waals surface area contributed by atoms with Crippen LogP contribution in [0.1, 0.15) is 19.8 Å². The van der Waals surface area contributed by atoms with Gasteiger partial charge in [-0.25, -0.2) is 0 Å². The molecule has 0 radical (unpaired) electrons. The zero-order chi connectivity index (χ0) is 12.1. The number of nitrogens with zero attached hydrogens (tertiary/aromatic N) is 1. The standard InChI is InChI=1S/C13H17NS3/c1-2-12(14-9-6-10-16-13(14)15)17-11-7-4-3-5-8-11/h3-5,7-8,12H,2,6,9-10H2,1H3. The molecule has 1 aromatic carbocycles. The summed E-state index contributed by atoms with van der Waals surface area (Å²) in [6.07, 6.45) is 2.37. The van der Waals surface area contributed by atoms with Crippen molar-refractivity contribution in [3.8, 4) is 0 Å². The van der Waals surface area contributed by atoms with Crippen LogP contribution in [0.2, 0.25) is 0 Å². The molecule has 2 rings (SSSR count). The third-order valence-corrected chi connectivity index (χ3v) is 5.68. The van der Waals surface area contributed by atoms with Crippen LogP contribution in [0.4, 0.5) is 0 Å². The molecule has 1 fully saturated rings. The SMILES string of the molecule is CCC(Sc1ccccc1)N1CCCSC1=S. The fourth-order valence-electron chi connectivity index (χ4n) is 1.85. The van der Waals surface area contributed by atoms with Crippen LogP contribution in [0.25, 0.3) is 0 Å². The lowest BCUT2D eigenvalue weighted by atomic mass is 10.4. The van der Waals surface area contributed by atoms with Crippen molar-refractivity contribution in [3.63, 3.8) is 0 Å². The van der Waals surface area contributed by atoms with Gasteiger partial charge in [-0.1, -0.05) is 49.1 Å². The van der Waals surface area contributed by atoms with Crippen molar-refractivity contribution in [1.82, 2.24) is 4.90 Å². The fraction of sp³-hybridized carbons (Fsp3) is 0.462. The van der Waals surface area contributed by atoms with E-state index in [0.717, 1.165) is 17.3 Å². The first-order chi connectivity index (χ1) is 8.31. The van der Waals surface area contributed by atoms with Gasteiger partial charge in [-0.05, 0) is 25.0 Å². The van der Waals surface area contributed by atoms with Crippen LogP contribution in [-0.4, -0.2) is 26.9 Å². The van der Waals surface area contributed by atoms with Crippen molar-refractivity contribution in [2.75, 3.05) is 12.3 Å². The summed E-state index contributed by atoms with van der Waals surface area (Å²) < 4.78 is 1.08. The molecule has 17 heavy (non-hydrogen) atoms. The quantitative estimate of drug-likeness (QED) is 0.600. The number of thioether (sulfide) groups is 2. The molecule has 0 amide bonds. The zero-order valence-corrected chi connectivity index (χ0v) is 12.4. The lowest BCUT2D eigenvalue weighted by molar-refractivity contribution is 0.396. The lowest BCUT2D eigenvalue weighted by Gasteiger charge is -2.35. The summed E-state index contributed by atoms with van der Waals surface area (Å²) in [5.74, 6) is 1.18. The minimum atomic E-state index is 0.484. The molecule has 4 heteroatoms. The van der Waals surface area contributed by atoms with Crippen LogP contribution in [0.5, 0.6) is 0 Å². The second kappa shape index (κ2) is 6.66. The molecule has 0 bridgehead atoms. The first-order valence-corrected chi connectivity index (χ1v) is 8.23. The zero-order valence-electron chi connectivity index (χ0n) is 9.96. The first-order valence-electron chi connectivity index (χ1n) is 5.96. The van der Waals surface area contributed by atoms with Crippen molar-refractivity contribution >= 4 is 40.1 Å². The van der Waals surface area contributed by atoms with Gasteiger partial charge in [-0.2, -0.15) is 0 Å². The Labute approximate surface area is 117 Å². The minimum Gasteiger partial charge on any atom is -0.345 e. The van der Waals surface area contributed by atoms with E-state index in [1.54, 1.807) is 0 Å². The molecule has 1 nitrogen and oxygen atoms in total. The molecule has 1 atom stereocenters. The summed E-state index contributed by atoms with van der Waals surface area (Å²) in [5, 5.41) is 0.484. The highest BCUT2D eigenvalue weighted by atomic mass is 32.2. The van der Waals surface area contributed by atoms with Gasteiger partial charge in [0.05, 0.1) is 5.37 Å². The maximum Gasteiger partial charge on any atom is 0.137 e. The summed E-state index contributed by atoms with van der Waals surface area (Å²) in [7, 11) is 0. The second-order valence-corrected chi connectivity index (χ2v) is 6.94. The summed E-state index contributed by atoms with van der Waals surface area (Å²) in [6, 6.07) is 10.6. The van der Waals surface area contributed by atoms with Gasteiger partial charge in [0.15, 0.2) is 0 Å². The van der Waals surface area contributed by atoms with Crippen molar-refractivity contribution < 1.29 is 0 Å². The Morgan fingerprint density at radius 2 is 2.18 bits per heavy atom. The van der Waals surface area contributed by atoms with Crippen LogP contribution in [0.15, 0.2) is 35.2 Å². The largest absolute Gasteiger partial charge is 0.345 e. The summed E-state index contributed by atoms with van der Waals surface area (Å²) >= 11 is 9.21. The third kappa shape index (κ3) is 3.63. The number of thiocarbonyl (C=S) groups is 1. The average molecular weight is 283 g/mol. The number of rotatable bonds is 4. The van der Waals surface area contributed by atoms with Gasteiger partial charge in [0.2, 0.25) is 0 Å². The molecular weight excluding hydrogens is 266 g/mol. The van der Waals surface area contributed by atoms with Gasteiger partial charge in [-0.15, -0.1) is 11.8 Å². The maximum absolute atomic E-state index is 5.46. The van der Waals surface area contributed by atoms with Gasteiger partial charge in [0.25, 0.3) is 0 Å². The van der Waals surface area contributed by atoms with Crippen LogP contribution in [0.3, 0.4) is 0 Å². The average Bonchev–Trinajstić information content (AvgIpc) is 2.38. The van der Waals surface area contributed by atoms with E-state index >= 15 is 0 Å². The second-order valence-electron chi connectivity index (χ2n) is 3.96. The molecular formula is C13H17NS3. The van der Waals surface area contributed by atoms with Gasteiger partial charge in [0.1, 0.15) is 4.32 Å². The Hall–Kier alpha value is -0.190. The predicted octanol–water partition coefficient (Wildman–Crippen LogP) is 4.24. The van der Waals surface area contributed by atoms with Crippen molar-refractivity contribution in [2.24, 2.45) is 0 Å². The van der Waals surface area contributed by atoms with E-state index in [4.69, 9.17) is 12.2 Å². The molecule has 0 spiro atoms. The van der Waals surface area contributed by atoms with Crippen molar-refractivity contribution in [1.29, 1.82) is 0 Å². The highest BCUT2D eigenvalue weighted by Crippen LogP contribution is 2.31. The normalized spacial score (nSPS) is 18.2.